The molecule has 2 amide bonds. The molecule has 2 aromatic rings. The summed E-state index contributed by atoms with van der Waals surface area (Å²) in [5.41, 5.74) is 13.5. The van der Waals surface area contributed by atoms with Crippen molar-refractivity contribution in [2.24, 2.45) is 5.73 Å². The number of aliphatic hydroxyl groups is 1. The van der Waals surface area contributed by atoms with E-state index in [1.165, 1.54) is 17.0 Å². The number of anilines is 1. The third kappa shape index (κ3) is 4.00. The second-order valence-electron chi connectivity index (χ2n) is 8.41. The number of carbonyl (C=O) groups excluding carboxylic acids is 2. The number of piperazine rings is 1. The van der Waals surface area contributed by atoms with Crippen LogP contribution in [0.5, 0.6) is 0 Å². The lowest BCUT2D eigenvalue weighted by Crippen LogP contribution is -2.53. The van der Waals surface area contributed by atoms with E-state index in [0.29, 0.717) is 55.8 Å². The zero-order valence-electron chi connectivity index (χ0n) is 17.5. The van der Waals surface area contributed by atoms with Crippen LogP contribution in [-0.4, -0.2) is 58.5 Å². The lowest BCUT2D eigenvalue weighted by Gasteiger charge is -2.35. The minimum atomic E-state index is -1.21. The first kappa shape index (κ1) is 21.3. The van der Waals surface area contributed by atoms with E-state index >= 15 is 0 Å². The fourth-order valence-electron chi connectivity index (χ4n) is 4.00. The predicted molar refractivity (Wildman–Crippen MR) is 116 cm³/mol. The summed E-state index contributed by atoms with van der Waals surface area (Å²) in [4.78, 5) is 28.2. The Morgan fingerprint density at radius 1 is 1.10 bits per heavy atom. The predicted octanol–water partition coefficient (Wildman–Crippen LogP) is 1.90. The van der Waals surface area contributed by atoms with Crippen LogP contribution < -0.4 is 11.5 Å². The minimum Gasteiger partial charge on any atom is -0.398 e. The molecule has 4 rings (SSSR count). The van der Waals surface area contributed by atoms with E-state index in [9.17, 15) is 19.1 Å². The molecule has 0 bridgehead atoms. The number of rotatable bonds is 4. The van der Waals surface area contributed by atoms with Gasteiger partial charge in [0.25, 0.3) is 11.8 Å². The molecule has 1 unspecified atom stereocenters. The van der Waals surface area contributed by atoms with Crippen molar-refractivity contribution in [3.63, 3.8) is 0 Å². The van der Waals surface area contributed by atoms with Gasteiger partial charge in [-0.05, 0) is 43.0 Å². The first-order chi connectivity index (χ1) is 14.7. The van der Waals surface area contributed by atoms with Crippen LogP contribution >= 0.6 is 0 Å². The zero-order chi connectivity index (χ0) is 22.3. The van der Waals surface area contributed by atoms with E-state index in [4.69, 9.17) is 11.5 Å². The van der Waals surface area contributed by atoms with Gasteiger partial charge in [-0.1, -0.05) is 24.3 Å². The molecule has 2 aromatic carbocycles. The van der Waals surface area contributed by atoms with Gasteiger partial charge in [0.05, 0.1) is 5.56 Å². The molecule has 1 saturated carbocycles. The molecular formula is C23H27FN4O3. The third-order valence-electron chi connectivity index (χ3n) is 6.12. The Bertz CT molecular complexity index is 1030. The molecule has 0 aromatic heterocycles. The minimum absolute atomic E-state index is 0.0220. The summed E-state index contributed by atoms with van der Waals surface area (Å²) in [7, 11) is 0. The van der Waals surface area contributed by atoms with Gasteiger partial charge in [0.15, 0.2) is 0 Å². The van der Waals surface area contributed by atoms with Gasteiger partial charge < -0.3 is 26.4 Å². The van der Waals surface area contributed by atoms with Crippen LogP contribution in [0.1, 0.15) is 41.7 Å². The fraction of sp³-hybridized carbons (Fsp3) is 0.391. The average molecular weight is 426 g/mol. The van der Waals surface area contributed by atoms with E-state index in [0.717, 1.165) is 5.56 Å². The molecule has 1 heterocycles. The lowest BCUT2D eigenvalue weighted by molar-refractivity contribution is -0.143. The fourth-order valence-corrected chi connectivity index (χ4v) is 4.00. The van der Waals surface area contributed by atoms with Gasteiger partial charge in [-0.25, -0.2) is 4.39 Å². The molecule has 1 aliphatic carbocycles. The number of nitrogen functional groups attached to an aromatic ring is 1. The highest BCUT2D eigenvalue weighted by atomic mass is 19.1. The summed E-state index contributed by atoms with van der Waals surface area (Å²) in [6, 6.07) is 9.65. The molecule has 31 heavy (non-hydrogen) atoms. The van der Waals surface area contributed by atoms with Crippen molar-refractivity contribution in [1.29, 1.82) is 0 Å². The first-order valence-corrected chi connectivity index (χ1v) is 10.5. The van der Waals surface area contributed by atoms with Gasteiger partial charge in [0.1, 0.15) is 11.4 Å². The van der Waals surface area contributed by atoms with Crippen LogP contribution in [0.4, 0.5) is 10.1 Å². The number of amides is 2. The monoisotopic (exact) mass is 426 g/mol. The van der Waals surface area contributed by atoms with Gasteiger partial charge >= 0.3 is 0 Å². The van der Waals surface area contributed by atoms with Crippen LogP contribution in [0.2, 0.25) is 0 Å². The summed E-state index contributed by atoms with van der Waals surface area (Å²) < 4.78 is 14.9. The highest BCUT2D eigenvalue weighted by Gasteiger charge is 2.50. The van der Waals surface area contributed by atoms with Crippen LogP contribution in [0.25, 0.3) is 11.1 Å². The Morgan fingerprint density at radius 3 is 2.32 bits per heavy atom. The van der Waals surface area contributed by atoms with Crippen LogP contribution in [0.3, 0.4) is 0 Å². The molecule has 2 fully saturated rings. The Kier molecular flexibility index (Phi) is 5.45. The SMILES string of the molecule is CC(N)c1cccc(-c2ccc(C(=O)N3CCN(C(=O)C4(O)CC4)CC3)c(F)c2)c1N. The van der Waals surface area contributed by atoms with Crippen molar-refractivity contribution in [3.05, 3.63) is 53.3 Å². The average Bonchev–Trinajstić information content (AvgIpc) is 3.51. The number of carbonyl (C=O) groups is 2. The van der Waals surface area contributed by atoms with Gasteiger partial charge in [-0.2, -0.15) is 0 Å². The van der Waals surface area contributed by atoms with Crippen molar-refractivity contribution < 1.29 is 19.1 Å². The van der Waals surface area contributed by atoms with Crippen molar-refractivity contribution in [2.45, 2.75) is 31.4 Å². The smallest absolute Gasteiger partial charge is 0.256 e. The first-order valence-electron chi connectivity index (χ1n) is 10.5. The molecule has 5 N–H and O–H groups in total. The van der Waals surface area contributed by atoms with Crippen molar-refractivity contribution in [3.8, 4) is 11.1 Å². The Hall–Kier alpha value is -2.97. The van der Waals surface area contributed by atoms with Gasteiger partial charge in [0, 0.05) is 43.5 Å². The van der Waals surface area contributed by atoms with Crippen molar-refractivity contribution in [2.75, 3.05) is 31.9 Å². The lowest BCUT2D eigenvalue weighted by atomic mass is 9.96. The molecule has 1 aliphatic heterocycles. The molecule has 7 nitrogen and oxygen atoms in total. The van der Waals surface area contributed by atoms with E-state index in [-0.39, 0.29) is 17.5 Å². The third-order valence-corrected chi connectivity index (χ3v) is 6.12. The molecule has 2 aliphatic rings. The standard InChI is InChI=1S/C23H27FN4O3/c1-14(25)16-3-2-4-17(20(16)26)15-5-6-18(19(24)13-15)21(29)27-9-11-28(12-10-27)22(30)23(31)7-8-23/h2-6,13-14,31H,7-12,25-26H2,1H3. The molecule has 1 atom stereocenters. The molecular weight excluding hydrogens is 399 g/mol. The number of hydrogen-bond acceptors (Lipinski definition) is 5. The maximum absolute atomic E-state index is 14.9. The van der Waals surface area contributed by atoms with Gasteiger partial charge in [-0.3, -0.25) is 9.59 Å². The van der Waals surface area contributed by atoms with Crippen LogP contribution in [0.15, 0.2) is 36.4 Å². The second kappa shape index (κ2) is 7.94. The maximum Gasteiger partial charge on any atom is 0.256 e. The van der Waals surface area contributed by atoms with Crippen LogP contribution in [0, 0.1) is 5.82 Å². The quantitative estimate of drug-likeness (QED) is 0.647. The largest absolute Gasteiger partial charge is 0.398 e. The highest BCUT2D eigenvalue weighted by molar-refractivity contribution is 5.96. The van der Waals surface area contributed by atoms with Crippen molar-refractivity contribution >= 4 is 17.5 Å². The molecule has 164 valence electrons. The summed E-state index contributed by atoms with van der Waals surface area (Å²) in [5.74, 6) is -1.32. The maximum atomic E-state index is 14.9. The number of hydrogen-bond donors (Lipinski definition) is 3. The Labute approximate surface area is 180 Å². The summed E-state index contributed by atoms with van der Waals surface area (Å²) in [6.45, 7) is 3.08. The van der Waals surface area contributed by atoms with Gasteiger partial charge in [-0.15, -0.1) is 0 Å². The Balaban J connectivity index is 1.48. The zero-order valence-corrected chi connectivity index (χ0v) is 17.5. The van der Waals surface area contributed by atoms with Crippen molar-refractivity contribution in [1.82, 2.24) is 9.80 Å². The highest BCUT2D eigenvalue weighted by Crippen LogP contribution is 2.37. The van der Waals surface area contributed by atoms with E-state index in [2.05, 4.69) is 0 Å². The Morgan fingerprint density at radius 2 is 1.74 bits per heavy atom. The number of nitrogens with zero attached hydrogens (tertiary/aromatic N) is 2. The number of nitrogens with two attached hydrogens (primary N) is 2. The molecule has 1 saturated heterocycles. The van der Waals surface area contributed by atoms with Gasteiger partial charge in [0.2, 0.25) is 0 Å². The van der Waals surface area contributed by atoms with Crippen LogP contribution in [-0.2, 0) is 4.79 Å². The number of halogens is 1. The summed E-state index contributed by atoms with van der Waals surface area (Å²) >= 11 is 0. The van der Waals surface area contributed by atoms with E-state index < -0.39 is 17.3 Å². The second-order valence-corrected chi connectivity index (χ2v) is 8.41. The van der Waals surface area contributed by atoms with E-state index in [1.54, 1.807) is 17.0 Å². The molecule has 8 heteroatoms. The number of benzene rings is 2. The molecule has 0 radical (unpaired) electrons. The number of para-hydroxylation sites is 1. The normalized spacial score (nSPS) is 18.6. The summed E-state index contributed by atoms with van der Waals surface area (Å²) in [6.07, 6.45) is 0.973. The molecule has 0 spiro atoms. The topological polar surface area (TPSA) is 113 Å². The van der Waals surface area contributed by atoms with E-state index in [1.807, 2.05) is 19.1 Å². The summed E-state index contributed by atoms with van der Waals surface area (Å²) in [5, 5.41) is 9.99.